The average molecular weight is 283 g/mol. The van der Waals surface area contributed by atoms with Gasteiger partial charge in [0.2, 0.25) is 10.0 Å². The summed E-state index contributed by atoms with van der Waals surface area (Å²) in [5, 5.41) is 0. The Labute approximate surface area is 113 Å². The summed E-state index contributed by atoms with van der Waals surface area (Å²) in [6.07, 6.45) is 1.15. The number of benzene rings is 1. The summed E-state index contributed by atoms with van der Waals surface area (Å²) in [5.41, 5.74) is 0.290. The number of ether oxygens (including phenoxy) is 1. The largest absolute Gasteiger partial charge is 0.484 e. The number of sulfonamides is 1. The first-order valence-corrected chi connectivity index (χ1v) is 7.77. The number of carbonyl (C=O) groups excluding carboxylic acids is 1. The summed E-state index contributed by atoms with van der Waals surface area (Å²) < 4.78 is 30.9. The first-order valence-electron chi connectivity index (χ1n) is 5.92. The van der Waals surface area contributed by atoms with Crippen LogP contribution in [0.1, 0.15) is 31.1 Å². The first-order chi connectivity index (χ1) is 8.60. The lowest BCUT2D eigenvalue weighted by atomic mass is 10.0. The van der Waals surface area contributed by atoms with Crippen molar-refractivity contribution in [2.24, 2.45) is 0 Å². The third kappa shape index (κ3) is 2.73. The zero-order valence-electron chi connectivity index (χ0n) is 11.4. The monoisotopic (exact) mass is 283 g/mol. The summed E-state index contributed by atoms with van der Waals surface area (Å²) in [6.45, 7) is 5.32. The fraction of sp³-hybridized carbons (Fsp3) is 0.462. The molecule has 0 unspecified atom stereocenters. The van der Waals surface area contributed by atoms with E-state index < -0.39 is 15.6 Å². The molecular weight excluding hydrogens is 266 g/mol. The highest BCUT2D eigenvalue weighted by molar-refractivity contribution is 7.92. The van der Waals surface area contributed by atoms with Crippen LogP contribution in [0.3, 0.4) is 0 Å². The molecule has 1 aliphatic heterocycles. The second-order valence-electron chi connectivity index (χ2n) is 5.37. The highest BCUT2D eigenvalue weighted by Crippen LogP contribution is 2.38. The van der Waals surface area contributed by atoms with Crippen LogP contribution >= 0.6 is 0 Å². The first kappa shape index (κ1) is 13.9. The molecule has 0 aliphatic carbocycles. The predicted molar refractivity (Wildman–Crippen MR) is 73.3 cm³/mol. The Kier molecular flexibility index (Phi) is 3.09. The second-order valence-corrected chi connectivity index (χ2v) is 7.28. The van der Waals surface area contributed by atoms with Crippen LogP contribution in [0.4, 0.5) is 5.69 Å². The molecule has 0 spiro atoms. The van der Waals surface area contributed by atoms with Crippen molar-refractivity contribution in [1.29, 1.82) is 0 Å². The third-order valence-corrected chi connectivity index (χ3v) is 4.07. The molecule has 0 amide bonds. The minimum absolute atomic E-state index is 0.110. The predicted octanol–water partition coefficient (Wildman–Crippen LogP) is 1.83. The van der Waals surface area contributed by atoms with Gasteiger partial charge in [0.25, 0.3) is 0 Å². The Morgan fingerprint density at radius 1 is 1.37 bits per heavy atom. The summed E-state index contributed by atoms with van der Waals surface area (Å²) >= 11 is 0. The van der Waals surface area contributed by atoms with Crippen molar-refractivity contribution in [3.8, 4) is 5.75 Å². The molecule has 5 nitrogen and oxygen atoms in total. The normalized spacial score (nSPS) is 17.6. The van der Waals surface area contributed by atoms with Crippen molar-refractivity contribution in [3.05, 3.63) is 23.8 Å². The van der Waals surface area contributed by atoms with E-state index in [1.165, 1.54) is 11.2 Å². The molecule has 2 rings (SSSR count). The molecule has 0 fully saturated rings. The standard InChI is InChI=1S/C13H17NO4S/c1-9(15)10-5-6-12-11(7-10)14(19(4,16)17)8-13(2,3)18-12/h5-7H,8H2,1-4H3. The summed E-state index contributed by atoms with van der Waals surface area (Å²) in [6, 6.07) is 4.85. The molecule has 0 bridgehead atoms. The maximum atomic E-state index is 11.9. The maximum absolute atomic E-state index is 11.9. The number of anilines is 1. The molecule has 1 aromatic rings. The lowest BCUT2D eigenvalue weighted by Crippen LogP contribution is -2.49. The average Bonchev–Trinajstić information content (AvgIpc) is 2.24. The second kappa shape index (κ2) is 4.23. The van der Waals surface area contributed by atoms with Crippen LogP contribution < -0.4 is 9.04 Å². The molecule has 1 heterocycles. The van der Waals surface area contributed by atoms with Gasteiger partial charge in [0.15, 0.2) is 5.78 Å². The Balaban J connectivity index is 2.62. The molecule has 6 heteroatoms. The molecule has 0 saturated heterocycles. The maximum Gasteiger partial charge on any atom is 0.232 e. The number of nitrogens with zero attached hydrogens (tertiary/aromatic N) is 1. The minimum Gasteiger partial charge on any atom is -0.484 e. The van der Waals surface area contributed by atoms with Gasteiger partial charge in [-0.3, -0.25) is 9.10 Å². The van der Waals surface area contributed by atoms with Gasteiger partial charge in [-0.25, -0.2) is 8.42 Å². The van der Waals surface area contributed by atoms with Crippen LogP contribution in [0.2, 0.25) is 0 Å². The molecule has 1 aromatic carbocycles. The van der Waals surface area contributed by atoms with Gasteiger partial charge in [0, 0.05) is 5.56 Å². The smallest absolute Gasteiger partial charge is 0.232 e. The molecule has 0 aromatic heterocycles. The van der Waals surface area contributed by atoms with Crippen LogP contribution in [0.25, 0.3) is 0 Å². The number of carbonyl (C=O) groups is 1. The minimum atomic E-state index is -3.41. The van der Waals surface area contributed by atoms with E-state index in [1.54, 1.807) is 18.2 Å². The number of hydrogen-bond acceptors (Lipinski definition) is 4. The van der Waals surface area contributed by atoms with Crippen LogP contribution in [0, 0.1) is 0 Å². The van der Waals surface area contributed by atoms with Gasteiger partial charge in [-0.15, -0.1) is 0 Å². The van der Waals surface area contributed by atoms with Crippen molar-refractivity contribution in [2.45, 2.75) is 26.4 Å². The van der Waals surface area contributed by atoms with Gasteiger partial charge in [0.05, 0.1) is 18.5 Å². The zero-order chi connectivity index (χ0) is 14.4. The fourth-order valence-electron chi connectivity index (χ4n) is 2.07. The lowest BCUT2D eigenvalue weighted by Gasteiger charge is -2.39. The molecule has 19 heavy (non-hydrogen) atoms. The molecule has 104 valence electrons. The topological polar surface area (TPSA) is 63.7 Å². The molecule has 0 N–H and O–H groups in total. The van der Waals surface area contributed by atoms with E-state index in [0.29, 0.717) is 17.0 Å². The lowest BCUT2D eigenvalue weighted by molar-refractivity contribution is 0.101. The van der Waals surface area contributed by atoms with Gasteiger partial charge in [-0.05, 0) is 39.0 Å². The molecular formula is C13H17NO4S. The Morgan fingerprint density at radius 3 is 2.53 bits per heavy atom. The SMILES string of the molecule is CC(=O)c1ccc2c(c1)N(S(C)(=O)=O)CC(C)(C)O2. The van der Waals surface area contributed by atoms with Crippen LogP contribution in [-0.4, -0.2) is 32.6 Å². The van der Waals surface area contributed by atoms with E-state index in [0.717, 1.165) is 6.26 Å². The van der Waals surface area contributed by atoms with Gasteiger partial charge in [0.1, 0.15) is 11.4 Å². The van der Waals surface area contributed by atoms with Crippen LogP contribution in [-0.2, 0) is 10.0 Å². The van der Waals surface area contributed by atoms with Crippen molar-refractivity contribution in [3.63, 3.8) is 0 Å². The number of ketones is 1. The molecule has 0 atom stereocenters. The van der Waals surface area contributed by atoms with Crippen molar-refractivity contribution in [2.75, 3.05) is 17.1 Å². The Morgan fingerprint density at radius 2 is 2.00 bits per heavy atom. The molecule has 1 aliphatic rings. The Hall–Kier alpha value is -1.56. The van der Waals surface area contributed by atoms with Gasteiger partial charge >= 0.3 is 0 Å². The molecule has 0 radical (unpaired) electrons. The van der Waals surface area contributed by atoms with Crippen molar-refractivity contribution < 1.29 is 17.9 Å². The number of rotatable bonds is 2. The van der Waals surface area contributed by atoms with Gasteiger partial charge in [-0.1, -0.05) is 0 Å². The molecule has 0 saturated carbocycles. The van der Waals surface area contributed by atoms with E-state index in [4.69, 9.17) is 4.74 Å². The van der Waals surface area contributed by atoms with Gasteiger partial charge < -0.3 is 4.74 Å². The van der Waals surface area contributed by atoms with Crippen molar-refractivity contribution in [1.82, 2.24) is 0 Å². The highest BCUT2D eigenvalue weighted by Gasteiger charge is 2.36. The number of Topliss-reactive ketones (excluding diaryl/α,β-unsaturated/α-hetero) is 1. The summed E-state index contributed by atoms with van der Waals surface area (Å²) in [5.74, 6) is 0.368. The summed E-state index contributed by atoms with van der Waals surface area (Å²) in [7, 11) is -3.41. The van der Waals surface area contributed by atoms with Crippen molar-refractivity contribution >= 4 is 21.5 Å². The van der Waals surface area contributed by atoms with E-state index in [2.05, 4.69) is 0 Å². The quantitative estimate of drug-likeness (QED) is 0.777. The zero-order valence-corrected chi connectivity index (χ0v) is 12.2. The van der Waals surface area contributed by atoms with Crippen LogP contribution in [0.15, 0.2) is 18.2 Å². The van der Waals surface area contributed by atoms with E-state index in [-0.39, 0.29) is 12.3 Å². The number of fused-ring (bicyclic) bond motifs is 1. The fourth-order valence-corrected chi connectivity index (χ4v) is 3.12. The van der Waals surface area contributed by atoms with E-state index in [1.807, 2.05) is 13.8 Å². The van der Waals surface area contributed by atoms with E-state index >= 15 is 0 Å². The summed E-state index contributed by atoms with van der Waals surface area (Å²) in [4.78, 5) is 11.4. The third-order valence-electron chi connectivity index (χ3n) is 2.95. The number of hydrogen-bond donors (Lipinski definition) is 0. The van der Waals surface area contributed by atoms with Crippen LogP contribution in [0.5, 0.6) is 5.75 Å². The van der Waals surface area contributed by atoms with E-state index in [9.17, 15) is 13.2 Å². The van der Waals surface area contributed by atoms with Gasteiger partial charge in [-0.2, -0.15) is 0 Å². The highest BCUT2D eigenvalue weighted by atomic mass is 32.2. The Bertz CT molecular complexity index is 634.